The third kappa shape index (κ3) is 3.57. The van der Waals surface area contributed by atoms with Crippen molar-refractivity contribution < 1.29 is 13.2 Å². The summed E-state index contributed by atoms with van der Waals surface area (Å²) in [6.07, 6.45) is 0. The van der Waals surface area contributed by atoms with E-state index in [4.69, 9.17) is 5.14 Å². The molecular formula is C12H11IN2O3S2. The lowest BCUT2D eigenvalue weighted by Gasteiger charge is -2.04. The number of benzene rings is 1. The topological polar surface area (TPSA) is 89.3 Å². The fourth-order valence-electron chi connectivity index (χ4n) is 1.54. The number of rotatable bonds is 3. The first-order valence-electron chi connectivity index (χ1n) is 5.47. The van der Waals surface area contributed by atoms with Crippen LogP contribution in [0.2, 0.25) is 0 Å². The van der Waals surface area contributed by atoms with E-state index in [1.165, 1.54) is 6.07 Å². The molecule has 5 nitrogen and oxygen atoms in total. The van der Waals surface area contributed by atoms with E-state index in [-0.39, 0.29) is 10.1 Å². The van der Waals surface area contributed by atoms with Gasteiger partial charge in [-0.15, -0.1) is 11.3 Å². The van der Waals surface area contributed by atoms with E-state index in [0.717, 1.165) is 14.9 Å². The normalized spacial score (nSPS) is 11.3. The lowest BCUT2D eigenvalue weighted by Crippen LogP contribution is -2.11. The maximum Gasteiger partial charge on any atom is 0.266 e. The molecular weight excluding hydrogens is 411 g/mol. The van der Waals surface area contributed by atoms with Crippen LogP contribution in [0.5, 0.6) is 0 Å². The summed E-state index contributed by atoms with van der Waals surface area (Å²) in [5, 5.41) is 7.78. The van der Waals surface area contributed by atoms with Crippen LogP contribution in [0, 0.1) is 10.5 Å². The largest absolute Gasteiger partial charge is 0.321 e. The Kier molecular flexibility index (Phi) is 4.47. The van der Waals surface area contributed by atoms with Crippen molar-refractivity contribution in [3.8, 4) is 0 Å². The van der Waals surface area contributed by atoms with Crippen LogP contribution in [0.3, 0.4) is 0 Å². The van der Waals surface area contributed by atoms with E-state index < -0.39 is 10.0 Å². The standard InChI is InChI=1S/C12H11IN2O3S2/c1-7-6-10(20(14,17)18)19-11(7)12(16)15-9-4-2-8(13)3-5-9/h2-6H,1H3,(H,15,16)(H2,14,17,18). The Morgan fingerprint density at radius 1 is 1.30 bits per heavy atom. The predicted octanol–water partition coefficient (Wildman–Crippen LogP) is 2.56. The molecule has 20 heavy (non-hydrogen) atoms. The first-order valence-corrected chi connectivity index (χ1v) is 8.91. The van der Waals surface area contributed by atoms with Gasteiger partial charge in [-0.1, -0.05) is 0 Å². The van der Waals surface area contributed by atoms with Crippen molar-refractivity contribution in [3.63, 3.8) is 0 Å². The highest BCUT2D eigenvalue weighted by Gasteiger charge is 2.19. The number of anilines is 1. The van der Waals surface area contributed by atoms with E-state index in [2.05, 4.69) is 27.9 Å². The van der Waals surface area contributed by atoms with Crippen molar-refractivity contribution in [1.29, 1.82) is 0 Å². The summed E-state index contributed by atoms with van der Waals surface area (Å²) in [5.41, 5.74) is 1.24. The number of hydrogen-bond donors (Lipinski definition) is 2. The summed E-state index contributed by atoms with van der Waals surface area (Å²) < 4.78 is 23.6. The van der Waals surface area contributed by atoms with Gasteiger partial charge in [0.25, 0.3) is 5.91 Å². The molecule has 2 rings (SSSR count). The van der Waals surface area contributed by atoms with Crippen LogP contribution in [-0.2, 0) is 10.0 Å². The summed E-state index contributed by atoms with van der Waals surface area (Å²) in [7, 11) is -3.78. The molecule has 0 bridgehead atoms. The molecule has 0 saturated heterocycles. The Hall–Kier alpha value is -0.970. The number of carbonyl (C=O) groups is 1. The highest BCUT2D eigenvalue weighted by atomic mass is 127. The van der Waals surface area contributed by atoms with Crippen LogP contribution in [-0.4, -0.2) is 14.3 Å². The van der Waals surface area contributed by atoms with Gasteiger partial charge in [0.05, 0.1) is 4.88 Å². The molecule has 0 atom stereocenters. The number of hydrogen-bond acceptors (Lipinski definition) is 4. The molecule has 0 aliphatic heterocycles. The third-order valence-corrected chi connectivity index (χ3v) is 5.86. The van der Waals surface area contributed by atoms with Gasteiger partial charge < -0.3 is 5.32 Å². The van der Waals surface area contributed by atoms with Crippen molar-refractivity contribution in [2.45, 2.75) is 11.1 Å². The maximum absolute atomic E-state index is 12.1. The van der Waals surface area contributed by atoms with Crippen molar-refractivity contribution >= 4 is 55.5 Å². The molecule has 0 spiro atoms. The number of nitrogens with two attached hydrogens (primary N) is 1. The van der Waals surface area contributed by atoms with E-state index >= 15 is 0 Å². The van der Waals surface area contributed by atoms with Gasteiger partial charge in [-0.3, -0.25) is 4.79 Å². The van der Waals surface area contributed by atoms with Gasteiger partial charge in [0.2, 0.25) is 10.0 Å². The van der Waals surface area contributed by atoms with Gasteiger partial charge in [0.15, 0.2) is 0 Å². The molecule has 3 N–H and O–H groups in total. The number of aryl methyl sites for hydroxylation is 1. The second-order valence-electron chi connectivity index (χ2n) is 4.08. The minimum atomic E-state index is -3.78. The zero-order valence-corrected chi connectivity index (χ0v) is 14.2. The Balaban J connectivity index is 2.26. The Bertz CT molecular complexity index is 752. The quantitative estimate of drug-likeness (QED) is 0.746. The van der Waals surface area contributed by atoms with Crippen LogP contribution < -0.4 is 10.5 Å². The number of sulfonamides is 1. The molecule has 8 heteroatoms. The van der Waals surface area contributed by atoms with Gasteiger partial charge in [-0.05, 0) is 65.4 Å². The summed E-state index contributed by atoms with van der Waals surface area (Å²) in [6, 6.07) is 8.70. The molecule has 0 aliphatic carbocycles. The zero-order valence-electron chi connectivity index (χ0n) is 10.4. The number of halogens is 1. The van der Waals surface area contributed by atoms with Crippen LogP contribution in [0.1, 0.15) is 15.2 Å². The lowest BCUT2D eigenvalue weighted by molar-refractivity contribution is 0.103. The number of carbonyl (C=O) groups excluding carboxylic acids is 1. The van der Waals surface area contributed by atoms with E-state index in [0.29, 0.717) is 16.1 Å². The van der Waals surface area contributed by atoms with Gasteiger partial charge in [0, 0.05) is 9.26 Å². The first-order chi connectivity index (χ1) is 9.27. The van der Waals surface area contributed by atoms with Gasteiger partial charge in [-0.25, -0.2) is 13.6 Å². The highest BCUT2D eigenvalue weighted by Crippen LogP contribution is 2.26. The second kappa shape index (κ2) is 5.80. The minimum absolute atomic E-state index is 0.0113. The van der Waals surface area contributed by atoms with Crippen LogP contribution >= 0.6 is 33.9 Å². The molecule has 2 aromatic rings. The summed E-state index contributed by atoms with van der Waals surface area (Å²) in [6.45, 7) is 1.67. The predicted molar refractivity (Wildman–Crippen MR) is 87.5 cm³/mol. The molecule has 1 heterocycles. The zero-order chi connectivity index (χ0) is 14.9. The molecule has 1 aromatic heterocycles. The Labute approximate surface area is 134 Å². The SMILES string of the molecule is Cc1cc(S(N)(=O)=O)sc1C(=O)Nc1ccc(I)cc1. The fraction of sp³-hybridized carbons (Fsp3) is 0.0833. The summed E-state index contributed by atoms with van der Waals surface area (Å²) in [4.78, 5) is 12.5. The molecule has 0 saturated carbocycles. The first kappa shape index (κ1) is 15.4. The number of nitrogens with one attached hydrogen (secondary N) is 1. The third-order valence-electron chi connectivity index (χ3n) is 2.48. The van der Waals surface area contributed by atoms with Crippen LogP contribution in [0.4, 0.5) is 5.69 Å². The molecule has 1 aromatic carbocycles. The van der Waals surface area contributed by atoms with E-state index in [1.54, 1.807) is 19.1 Å². The van der Waals surface area contributed by atoms with Crippen molar-refractivity contribution in [1.82, 2.24) is 0 Å². The maximum atomic E-state index is 12.1. The average Bonchev–Trinajstić information content (AvgIpc) is 2.74. The lowest BCUT2D eigenvalue weighted by atomic mass is 10.2. The number of amides is 1. The molecule has 106 valence electrons. The van der Waals surface area contributed by atoms with Crippen molar-refractivity contribution in [2.24, 2.45) is 5.14 Å². The molecule has 0 fully saturated rings. The van der Waals surface area contributed by atoms with Crippen molar-refractivity contribution in [2.75, 3.05) is 5.32 Å². The summed E-state index contributed by atoms with van der Waals surface area (Å²) >= 11 is 3.04. The van der Waals surface area contributed by atoms with Gasteiger partial charge >= 0.3 is 0 Å². The minimum Gasteiger partial charge on any atom is -0.321 e. The number of thiophene rings is 1. The van der Waals surface area contributed by atoms with Gasteiger partial charge in [0.1, 0.15) is 4.21 Å². The Morgan fingerprint density at radius 3 is 2.40 bits per heavy atom. The second-order valence-corrected chi connectivity index (χ2v) is 8.17. The molecule has 0 aliphatic rings. The molecule has 1 amide bonds. The highest BCUT2D eigenvalue weighted by molar-refractivity contribution is 14.1. The molecule has 0 radical (unpaired) electrons. The van der Waals surface area contributed by atoms with E-state index in [1.807, 2.05) is 12.1 Å². The smallest absolute Gasteiger partial charge is 0.266 e. The van der Waals surface area contributed by atoms with Crippen molar-refractivity contribution in [3.05, 3.63) is 44.3 Å². The average molecular weight is 422 g/mol. The number of primary sulfonamides is 1. The molecule has 0 unspecified atom stereocenters. The Morgan fingerprint density at radius 2 is 1.90 bits per heavy atom. The monoisotopic (exact) mass is 422 g/mol. The van der Waals surface area contributed by atoms with Gasteiger partial charge in [-0.2, -0.15) is 0 Å². The van der Waals surface area contributed by atoms with E-state index in [9.17, 15) is 13.2 Å². The fourth-order valence-corrected chi connectivity index (χ4v) is 3.76. The summed E-state index contributed by atoms with van der Waals surface area (Å²) in [5.74, 6) is -0.344. The van der Waals surface area contributed by atoms with Crippen LogP contribution in [0.25, 0.3) is 0 Å². The van der Waals surface area contributed by atoms with Crippen LogP contribution in [0.15, 0.2) is 34.5 Å².